The number of fused-ring (bicyclic) bond motifs is 2. The Morgan fingerprint density at radius 2 is 1.82 bits per heavy atom. The molecule has 2 aromatic carbocycles. The minimum Gasteiger partial charge on any atom is -0.454 e. The van der Waals surface area contributed by atoms with Gasteiger partial charge in [-0.25, -0.2) is 0 Å². The summed E-state index contributed by atoms with van der Waals surface area (Å²) in [6.07, 6.45) is 3.24. The predicted molar refractivity (Wildman–Crippen MR) is 130 cm³/mol. The van der Waals surface area contributed by atoms with Crippen LogP contribution >= 0.6 is 0 Å². The average Bonchev–Trinajstić information content (AvgIpc) is 3.31. The molecule has 3 aliphatic rings. The Morgan fingerprint density at radius 3 is 2.68 bits per heavy atom. The van der Waals surface area contributed by atoms with Crippen LogP contribution in [-0.4, -0.2) is 54.6 Å². The number of aryl methyl sites for hydroxylation is 2. The fraction of sp³-hybridized carbons (Fsp3) is 0.481. The van der Waals surface area contributed by atoms with Gasteiger partial charge in [0.05, 0.1) is 5.92 Å². The number of piperidine rings is 1. The summed E-state index contributed by atoms with van der Waals surface area (Å²) in [7, 11) is 0. The molecule has 0 aromatic heterocycles. The van der Waals surface area contributed by atoms with Gasteiger partial charge in [-0.3, -0.25) is 9.59 Å². The van der Waals surface area contributed by atoms with Gasteiger partial charge < -0.3 is 24.6 Å². The summed E-state index contributed by atoms with van der Waals surface area (Å²) in [6.45, 7) is 8.32. The number of carbonyl (C=O) groups is 2. The Hall–Kier alpha value is -3.06. The fourth-order valence-corrected chi connectivity index (χ4v) is 5.22. The molecule has 3 aliphatic heterocycles. The maximum absolute atomic E-state index is 13.3. The number of ether oxygens (including phenoxy) is 2. The van der Waals surface area contributed by atoms with E-state index in [0.29, 0.717) is 36.7 Å². The number of hydrogen-bond acceptors (Lipinski definition) is 5. The van der Waals surface area contributed by atoms with Crippen LogP contribution in [0.1, 0.15) is 41.5 Å². The molecule has 180 valence electrons. The van der Waals surface area contributed by atoms with Crippen molar-refractivity contribution in [3.63, 3.8) is 0 Å². The Bertz CT molecular complexity index is 1100. The summed E-state index contributed by atoms with van der Waals surface area (Å²) in [6, 6.07) is 9.94. The van der Waals surface area contributed by atoms with E-state index in [0.717, 1.165) is 38.9 Å². The third kappa shape index (κ3) is 4.89. The van der Waals surface area contributed by atoms with E-state index in [2.05, 4.69) is 36.2 Å². The molecule has 1 saturated heterocycles. The van der Waals surface area contributed by atoms with E-state index in [-0.39, 0.29) is 24.5 Å². The largest absolute Gasteiger partial charge is 0.454 e. The van der Waals surface area contributed by atoms with Crippen molar-refractivity contribution >= 4 is 17.5 Å². The molecule has 1 atom stereocenters. The molecule has 3 heterocycles. The first kappa shape index (κ1) is 22.7. The topological polar surface area (TPSA) is 71.1 Å². The second kappa shape index (κ2) is 9.66. The molecule has 1 N–H and O–H groups in total. The molecule has 7 heteroatoms. The first-order valence-electron chi connectivity index (χ1n) is 12.3. The van der Waals surface area contributed by atoms with Gasteiger partial charge in [0.25, 0.3) is 0 Å². The lowest BCUT2D eigenvalue weighted by molar-refractivity contribution is -0.138. The molecule has 5 rings (SSSR count). The highest BCUT2D eigenvalue weighted by Gasteiger charge is 2.31. The molecule has 0 unspecified atom stereocenters. The molecule has 0 saturated carbocycles. The minimum absolute atomic E-state index is 0.0127. The number of carbonyl (C=O) groups excluding carboxylic acids is 2. The van der Waals surface area contributed by atoms with E-state index in [1.54, 1.807) is 12.1 Å². The molecule has 34 heavy (non-hydrogen) atoms. The van der Waals surface area contributed by atoms with Crippen molar-refractivity contribution in [2.45, 2.75) is 46.1 Å². The van der Waals surface area contributed by atoms with Gasteiger partial charge in [0.15, 0.2) is 11.5 Å². The van der Waals surface area contributed by atoms with Crippen LogP contribution in [0.5, 0.6) is 11.5 Å². The van der Waals surface area contributed by atoms with Crippen molar-refractivity contribution in [1.29, 1.82) is 0 Å². The summed E-state index contributed by atoms with van der Waals surface area (Å²) in [5.41, 5.74) is 5.98. The monoisotopic (exact) mass is 463 g/mol. The van der Waals surface area contributed by atoms with Crippen LogP contribution in [-0.2, 0) is 22.6 Å². The van der Waals surface area contributed by atoms with Crippen molar-refractivity contribution in [2.24, 2.45) is 5.92 Å². The standard InChI is InChI=1S/C27H33N3O4/c1-18-12-20-7-11-30(16-22(20)13-19(18)2)27(32)21-4-3-9-29(15-21)10-8-26(31)28-23-5-6-24-25(14-23)34-17-33-24/h5-6,12-14,21H,3-4,7-11,15-17H2,1-2H3,(H,28,31)/t21-/m0/s1. The van der Waals surface area contributed by atoms with E-state index in [9.17, 15) is 9.59 Å². The SMILES string of the molecule is Cc1cc2c(cc1C)CN(C(=O)[C@H]1CCCN(CCC(=O)Nc3ccc4c(c3)OCO4)C1)CC2. The van der Waals surface area contributed by atoms with E-state index in [1.807, 2.05) is 11.0 Å². The molecule has 7 nitrogen and oxygen atoms in total. The van der Waals surface area contributed by atoms with Crippen LogP contribution in [0.3, 0.4) is 0 Å². The molecule has 0 bridgehead atoms. The molecule has 0 aliphatic carbocycles. The quantitative estimate of drug-likeness (QED) is 0.733. The Labute approximate surface area is 201 Å². The number of likely N-dealkylation sites (tertiary alicyclic amines) is 1. The fourth-order valence-electron chi connectivity index (χ4n) is 5.22. The molecule has 1 fully saturated rings. The van der Waals surface area contributed by atoms with Crippen LogP contribution in [0.25, 0.3) is 0 Å². The van der Waals surface area contributed by atoms with Crippen molar-refractivity contribution in [3.05, 3.63) is 52.6 Å². The average molecular weight is 464 g/mol. The number of nitrogens with one attached hydrogen (secondary N) is 1. The van der Waals surface area contributed by atoms with Gasteiger partial charge in [0.1, 0.15) is 0 Å². The lowest BCUT2D eigenvalue weighted by Gasteiger charge is -2.37. The van der Waals surface area contributed by atoms with E-state index < -0.39 is 0 Å². The van der Waals surface area contributed by atoms with Crippen LogP contribution in [0, 0.1) is 19.8 Å². The zero-order valence-electron chi connectivity index (χ0n) is 20.1. The van der Waals surface area contributed by atoms with Crippen LogP contribution in [0.15, 0.2) is 30.3 Å². The first-order valence-corrected chi connectivity index (χ1v) is 12.3. The zero-order chi connectivity index (χ0) is 23.7. The second-order valence-electron chi connectivity index (χ2n) is 9.72. The summed E-state index contributed by atoms with van der Waals surface area (Å²) in [4.78, 5) is 30.1. The highest BCUT2D eigenvalue weighted by atomic mass is 16.7. The van der Waals surface area contributed by atoms with Crippen molar-refractivity contribution in [2.75, 3.05) is 38.3 Å². The van der Waals surface area contributed by atoms with Crippen LogP contribution in [0.4, 0.5) is 5.69 Å². The van der Waals surface area contributed by atoms with Crippen LogP contribution < -0.4 is 14.8 Å². The number of benzene rings is 2. The maximum atomic E-state index is 13.3. The lowest BCUT2D eigenvalue weighted by atomic mass is 9.92. The van der Waals surface area contributed by atoms with Gasteiger partial charge >= 0.3 is 0 Å². The maximum Gasteiger partial charge on any atom is 0.231 e. The van der Waals surface area contributed by atoms with Crippen molar-refractivity contribution in [3.8, 4) is 11.5 Å². The summed E-state index contributed by atoms with van der Waals surface area (Å²) >= 11 is 0. The van der Waals surface area contributed by atoms with Gasteiger partial charge in [-0.2, -0.15) is 0 Å². The molecular weight excluding hydrogens is 430 g/mol. The van der Waals surface area contributed by atoms with Gasteiger partial charge in [0.2, 0.25) is 18.6 Å². The van der Waals surface area contributed by atoms with Crippen molar-refractivity contribution < 1.29 is 19.1 Å². The van der Waals surface area contributed by atoms with E-state index >= 15 is 0 Å². The molecule has 0 radical (unpaired) electrons. The first-order chi connectivity index (χ1) is 16.5. The predicted octanol–water partition coefficient (Wildman–Crippen LogP) is 3.66. The molecular formula is C27H33N3O4. The van der Waals surface area contributed by atoms with Gasteiger partial charge in [-0.05, 0) is 74.0 Å². The number of hydrogen-bond donors (Lipinski definition) is 1. The Morgan fingerprint density at radius 1 is 1.03 bits per heavy atom. The van der Waals surface area contributed by atoms with Gasteiger partial charge in [0, 0.05) is 44.4 Å². The number of amides is 2. The van der Waals surface area contributed by atoms with Crippen LogP contribution in [0.2, 0.25) is 0 Å². The number of rotatable bonds is 5. The minimum atomic E-state index is -0.0365. The third-order valence-electron chi connectivity index (χ3n) is 7.31. The van der Waals surface area contributed by atoms with E-state index in [4.69, 9.17) is 9.47 Å². The van der Waals surface area contributed by atoms with Gasteiger partial charge in [-0.1, -0.05) is 12.1 Å². The van der Waals surface area contributed by atoms with Gasteiger partial charge in [-0.15, -0.1) is 0 Å². The van der Waals surface area contributed by atoms with E-state index in [1.165, 1.54) is 22.3 Å². The summed E-state index contributed by atoms with van der Waals surface area (Å²) < 4.78 is 10.7. The Balaban J connectivity index is 1.12. The molecule has 0 spiro atoms. The summed E-state index contributed by atoms with van der Waals surface area (Å²) in [5.74, 6) is 1.59. The smallest absolute Gasteiger partial charge is 0.231 e. The Kier molecular flexibility index (Phi) is 6.46. The summed E-state index contributed by atoms with van der Waals surface area (Å²) in [5, 5.41) is 2.94. The zero-order valence-corrected chi connectivity index (χ0v) is 20.1. The molecule has 2 aromatic rings. The highest BCUT2D eigenvalue weighted by molar-refractivity contribution is 5.91. The number of anilines is 1. The second-order valence-corrected chi connectivity index (χ2v) is 9.72. The normalized spacial score (nSPS) is 19.6. The molecule has 2 amide bonds. The highest BCUT2D eigenvalue weighted by Crippen LogP contribution is 2.34. The third-order valence-corrected chi connectivity index (χ3v) is 7.31. The van der Waals surface area contributed by atoms with Crippen molar-refractivity contribution in [1.82, 2.24) is 9.80 Å². The number of nitrogens with zero attached hydrogens (tertiary/aromatic N) is 2. The lowest BCUT2D eigenvalue weighted by Crippen LogP contribution is -2.46.